The van der Waals surface area contributed by atoms with Crippen molar-refractivity contribution in [1.29, 1.82) is 0 Å². The highest BCUT2D eigenvalue weighted by Crippen LogP contribution is 2.12. The Labute approximate surface area is 82.4 Å². The van der Waals surface area contributed by atoms with Gasteiger partial charge in [-0.2, -0.15) is 0 Å². The van der Waals surface area contributed by atoms with Crippen molar-refractivity contribution in [3.63, 3.8) is 0 Å². The van der Waals surface area contributed by atoms with Gasteiger partial charge in [0.1, 0.15) is 5.75 Å². The highest BCUT2D eigenvalue weighted by molar-refractivity contribution is 5.34. The third-order valence-corrected chi connectivity index (χ3v) is 1.76. The zero-order valence-electron chi connectivity index (χ0n) is 7.73. The van der Waals surface area contributed by atoms with Gasteiger partial charge in [-0.25, -0.2) is 9.79 Å². The van der Waals surface area contributed by atoms with Gasteiger partial charge in [-0.15, -0.1) is 0 Å². The Morgan fingerprint density at radius 2 is 2.07 bits per heavy atom. The third kappa shape index (κ3) is 3.25. The number of aliphatic imine (C=N–C) groups is 1. The van der Waals surface area contributed by atoms with E-state index < -0.39 is 0 Å². The Kier molecular flexibility index (Phi) is 3.65. The second-order valence-corrected chi connectivity index (χ2v) is 3.00. The van der Waals surface area contributed by atoms with Crippen molar-refractivity contribution >= 4 is 6.08 Å². The summed E-state index contributed by atoms with van der Waals surface area (Å²) in [5, 5.41) is 9.04. The maximum absolute atomic E-state index is 9.84. The molecule has 3 heteroatoms. The number of carbonyl (C=O) groups excluding carboxylic acids is 1. The van der Waals surface area contributed by atoms with Gasteiger partial charge in [0.2, 0.25) is 6.08 Å². The van der Waals surface area contributed by atoms with E-state index in [0.717, 1.165) is 11.1 Å². The topological polar surface area (TPSA) is 49.7 Å². The molecule has 72 valence electrons. The molecule has 0 amide bonds. The van der Waals surface area contributed by atoms with Crippen LogP contribution >= 0.6 is 0 Å². The Bertz CT molecular complexity index is 361. The van der Waals surface area contributed by atoms with Crippen molar-refractivity contribution in [2.75, 3.05) is 6.54 Å². The molecule has 0 saturated carbocycles. The minimum atomic E-state index is 0.241. The van der Waals surface area contributed by atoms with Crippen LogP contribution in [0, 0.1) is 0 Å². The molecule has 1 rings (SSSR count). The van der Waals surface area contributed by atoms with Crippen LogP contribution in [0.2, 0.25) is 0 Å². The van der Waals surface area contributed by atoms with Gasteiger partial charge in [0, 0.05) is 0 Å². The van der Waals surface area contributed by atoms with Crippen LogP contribution in [0.25, 0.3) is 0 Å². The molecule has 0 radical (unpaired) electrons. The molecule has 14 heavy (non-hydrogen) atoms. The molecule has 1 aromatic carbocycles. The third-order valence-electron chi connectivity index (χ3n) is 1.76. The molecular weight excluding hydrogens is 178 g/mol. The van der Waals surface area contributed by atoms with Crippen molar-refractivity contribution in [2.24, 2.45) is 4.99 Å². The van der Waals surface area contributed by atoms with E-state index in [1.54, 1.807) is 12.1 Å². The summed E-state index contributed by atoms with van der Waals surface area (Å²) >= 11 is 0. The number of benzene rings is 1. The fraction of sp³-hybridized carbons (Fsp3) is 0.182. The standard InChI is InChI=1S/C11H11NO2/c1-9(7-12-8-13)6-10-2-4-11(14)5-3-10/h2-5,14H,1,6-7H2. The van der Waals surface area contributed by atoms with E-state index in [1.165, 1.54) is 6.08 Å². The second-order valence-electron chi connectivity index (χ2n) is 3.00. The van der Waals surface area contributed by atoms with Crippen molar-refractivity contribution in [1.82, 2.24) is 0 Å². The molecule has 0 spiro atoms. The first-order valence-electron chi connectivity index (χ1n) is 4.20. The van der Waals surface area contributed by atoms with E-state index in [-0.39, 0.29) is 5.75 Å². The van der Waals surface area contributed by atoms with Gasteiger partial charge in [-0.3, -0.25) is 0 Å². The first-order chi connectivity index (χ1) is 6.72. The van der Waals surface area contributed by atoms with Crippen LogP contribution in [0.1, 0.15) is 5.56 Å². The number of phenols is 1. The average molecular weight is 189 g/mol. The minimum absolute atomic E-state index is 0.241. The van der Waals surface area contributed by atoms with Crippen molar-refractivity contribution in [3.05, 3.63) is 42.0 Å². The molecular formula is C11H11NO2. The smallest absolute Gasteiger partial charge is 0.235 e. The monoisotopic (exact) mass is 189 g/mol. The van der Waals surface area contributed by atoms with Gasteiger partial charge < -0.3 is 5.11 Å². The highest BCUT2D eigenvalue weighted by atomic mass is 16.3. The summed E-state index contributed by atoms with van der Waals surface area (Å²) in [4.78, 5) is 13.3. The maximum atomic E-state index is 9.84. The normalized spacial score (nSPS) is 9.14. The Morgan fingerprint density at radius 1 is 1.43 bits per heavy atom. The summed E-state index contributed by atoms with van der Waals surface area (Å²) in [6.07, 6.45) is 2.13. The van der Waals surface area contributed by atoms with Crippen molar-refractivity contribution in [3.8, 4) is 5.75 Å². The van der Waals surface area contributed by atoms with Gasteiger partial charge in [-0.05, 0) is 24.1 Å². The fourth-order valence-corrected chi connectivity index (χ4v) is 1.10. The summed E-state index contributed by atoms with van der Waals surface area (Å²) in [5.74, 6) is 0.241. The van der Waals surface area contributed by atoms with E-state index in [4.69, 9.17) is 5.11 Å². The maximum Gasteiger partial charge on any atom is 0.235 e. The first kappa shape index (κ1) is 10.2. The highest BCUT2D eigenvalue weighted by Gasteiger charge is 1.96. The number of hydrogen-bond acceptors (Lipinski definition) is 3. The molecule has 0 fully saturated rings. The van der Waals surface area contributed by atoms with Gasteiger partial charge >= 0.3 is 0 Å². The Hall–Kier alpha value is -1.86. The zero-order chi connectivity index (χ0) is 10.4. The molecule has 0 saturated heterocycles. The summed E-state index contributed by atoms with van der Waals surface area (Å²) in [5.41, 5.74) is 1.88. The largest absolute Gasteiger partial charge is 0.508 e. The molecule has 0 bridgehead atoms. The van der Waals surface area contributed by atoms with Crippen LogP contribution in [0.15, 0.2) is 41.4 Å². The van der Waals surface area contributed by atoms with Crippen LogP contribution in [0.3, 0.4) is 0 Å². The minimum Gasteiger partial charge on any atom is -0.508 e. The van der Waals surface area contributed by atoms with E-state index in [1.807, 2.05) is 12.1 Å². The molecule has 1 aromatic rings. The first-order valence-corrected chi connectivity index (χ1v) is 4.20. The molecule has 3 nitrogen and oxygen atoms in total. The van der Waals surface area contributed by atoms with Crippen molar-refractivity contribution in [2.45, 2.75) is 6.42 Å². The SMILES string of the molecule is C=C(CN=C=O)Cc1ccc(O)cc1. The molecule has 0 aliphatic heterocycles. The quantitative estimate of drug-likeness (QED) is 0.446. The lowest BCUT2D eigenvalue weighted by atomic mass is 10.1. The summed E-state index contributed by atoms with van der Waals surface area (Å²) in [6.45, 7) is 4.08. The number of isocyanates is 1. The number of nitrogens with zero attached hydrogens (tertiary/aromatic N) is 1. The second kappa shape index (κ2) is 5.00. The van der Waals surface area contributed by atoms with Crippen LogP contribution in [-0.2, 0) is 11.2 Å². The van der Waals surface area contributed by atoms with Crippen LogP contribution in [0.4, 0.5) is 0 Å². The van der Waals surface area contributed by atoms with Gasteiger partial charge in [-0.1, -0.05) is 24.3 Å². The lowest BCUT2D eigenvalue weighted by Crippen LogP contribution is -1.92. The molecule has 0 heterocycles. The zero-order valence-corrected chi connectivity index (χ0v) is 7.73. The predicted octanol–water partition coefficient (Wildman–Crippen LogP) is 1.83. The fourth-order valence-electron chi connectivity index (χ4n) is 1.10. The average Bonchev–Trinajstić information content (AvgIpc) is 2.18. The van der Waals surface area contributed by atoms with E-state index >= 15 is 0 Å². The van der Waals surface area contributed by atoms with Gasteiger partial charge in [0.15, 0.2) is 0 Å². The molecule has 0 atom stereocenters. The van der Waals surface area contributed by atoms with E-state index in [9.17, 15) is 4.79 Å². The summed E-state index contributed by atoms with van der Waals surface area (Å²) in [6, 6.07) is 6.85. The lowest BCUT2D eigenvalue weighted by Gasteiger charge is -2.01. The number of aromatic hydroxyl groups is 1. The molecule has 0 unspecified atom stereocenters. The van der Waals surface area contributed by atoms with Crippen LogP contribution in [-0.4, -0.2) is 17.7 Å². The predicted molar refractivity (Wildman–Crippen MR) is 53.9 cm³/mol. The lowest BCUT2D eigenvalue weighted by molar-refractivity contribution is 0.475. The van der Waals surface area contributed by atoms with Crippen LogP contribution < -0.4 is 0 Å². The Morgan fingerprint density at radius 3 is 2.64 bits per heavy atom. The van der Waals surface area contributed by atoms with Crippen LogP contribution in [0.5, 0.6) is 5.75 Å². The van der Waals surface area contributed by atoms with Crippen molar-refractivity contribution < 1.29 is 9.90 Å². The van der Waals surface area contributed by atoms with Gasteiger partial charge in [0.05, 0.1) is 6.54 Å². The van der Waals surface area contributed by atoms with E-state index in [0.29, 0.717) is 13.0 Å². The number of phenolic OH excluding ortho intramolecular Hbond substituents is 1. The Balaban J connectivity index is 2.56. The summed E-state index contributed by atoms with van der Waals surface area (Å²) in [7, 11) is 0. The molecule has 0 aliphatic carbocycles. The molecule has 1 N–H and O–H groups in total. The van der Waals surface area contributed by atoms with Gasteiger partial charge in [0.25, 0.3) is 0 Å². The molecule has 0 aliphatic rings. The molecule has 0 aromatic heterocycles. The summed E-state index contributed by atoms with van der Waals surface area (Å²) < 4.78 is 0. The number of rotatable bonds is 4. The van der Waals surface area contributed by atoms with E-state index in [2.05, 4.69) is 11.6 Å². The number of hydrogen-bond donors (Lipinski definition) is 1.